The predicted octanol–water partition coefficient (Wildman–Crippen LogP) is 2.82. The number of likely N-dealkylation sites (tertiary alicyclic amines) is 1. The topological polar surface area (TPSA) is 59.9 Å². The van der Waals surface area contributed by atoms with Crippen molar-refractivity contribution >= 4 is 5.96 Å². The van der Waals surface area contributed by atoms with E-state index < -0.39 is 0 Å². The van der Waals surface area contributed by atoms with Crippen molar-refractivity contribution in [2.45, 2.75) is 45.5 Å². The van der Waals surface area contributed by atoms with Crippen LogP contribution >= 0.6 is 0 Å². The second-order valence-electron chi connectivity index (χ2n) is 7.59. The summed E-state index contributed by atoms with van der Waals surface area (Å²) in [5.41, 5.74) is 5.06. The molecule has 1 saturated heterocycles. The zero-order valence-corrected chi connectivity index (χ0v) is 17.0. The third-order valence-electron chi connectivity index (χ3n) is 5.25. The van der Waals surface area contributed by atoms with E-state index >= 15 is 0 Å². The second-order valence-corrected chi connectivity index (χ2v) is 7.59. The van der Waals surface area contributed by atoms with Crippen LogP contribution in [-0.4, -0.2) is 42.2 Å². The molecule has 0 saturated carbocycles. The average Bonchev–Trinajstić information content (AvgIpc) is 2.72. The molecule has 0 atom stereocenters. The Morgan fingerprint density at radius 2 is 1.43 bits per heavy atom. The van der Waals surface area contributed by atoms with Gasteiger partial charge in [-0.25, -0.2) is 0 Å². The summed E-state index contributed by atoms with van der Waals surface area (Å²) in [5, 5.41) is 16.3. The molecule has 5 heteroatoms. The first kappa shape index (κ1) is 20.4. The molecular weight excluding hydrogens is 348 g/mol. The van der Waals surface area contributed by atoms with Gasteiger partial charge in [-0.1, -0.05) is 54.1 Å². The summed E-state index contributed by atoms with van der Waals surface area (Å²) in [6.45, 7) is 6.51. The van der Waals surface area contributed by atoms with Gasteiger partial charge in [0.25, 0.3) is 0 Å². The van der Waals surface area contributed by atoms with Gasteiger partial charge in [-0.15, -0.1) is 0 Å². The van der Waals surface area contributed by atoms with E-state index in [9.17, 15) is 5.11 Å². The number of piperidine rings is 1. The van der Waals surface area contributed by atoms with Crippen LogP contribution in [0.3, 0.4) is 0 Å². The zero-order chi connectivity index (χ0) is 19.8. The maximum atomic E-state index is 9.62. The first-order valence-electron chi connectivity index (χ1n) is 10.1. The van der Waals surface area contributed by atoms with Crippen LogP contribution < -0.4 is 10.6 Å². The molecule has 2 aromatic carbocycles. The highest BCUT2D eigenvalue weighted by molar-refractivity contribution is 5.79. The summed E-state index contributed by atoms with van der Waals surface area (Å²) < 4.78 is 0. The van der Waals surface area contributed by atoms with E-state index in [1.165, 1.54) is 22.3 Å². The van der Waals surface area contributed by atoms with E-state index in [1.54, 1.807) is 7.05 Å². The lowest BCUT2D eigenvalue weighted by Crippen LogP contribution is -2.36. The van der Waals surface area contributed by atoms with Crippen LogP contribution in [0.2, 0.25) is 0 Å². The average molecular weight is 381 g/mol. The Labute approximate surface area is 168 Å². The van der Waals surface area contributed by atoms with Crippen molar-refractivity contribution < 1.29 is 5.11 Å². The summed E-state index contributed by atoms with van der Waals surface area (Å²) in [6, 6.07) is 17.3. The third kappa shape index (κ3) is 6.36. The van der Waals surface area contributed by atoms with Crippen LogP contribution in [0.1, 0.15) is 35.1 Å². The van der Waals surface area contributed by atoms with Crippen LogP contribution in [0.5, 0.6) is 0 Å². The van der Waals surface area contributed by atoms with E-state index in [0.29, 0.717) is 0 Å². The standard InChI is InChI=1S/C23H32N4O/c1-18-3-5-19(6-4-18)15-25-23(24-2)26-16-20-7-9-21(10-8-20)17-27-13-11-22(28)12-14-27/h3-10,22,28H,11-17H2,1-2H3,(H2,24,25,26). The van der Waals surface area contributed by atoms with Crippen molar-refractivity contribution in [2.75, 3.05) is 20.1 Å². The number of guanidine groups is 1. The zero-order valence-electron chi connectivity index (χ0n) is 17.0. The SMILES string of the molecule is CN=C(NCc1ccc(C)cc1)NCc1ccc(CN2CCC(O)CC2)cc1. The molecule has 0 radical (unpaired) electrons. The van der Waals surface area contributed by atoms with Gasteiger partial charge in [-0.2, -0.15) is 0 Å². The van der Waals surface area contributed by atoms with Gasteiger partial charge in [0.1, 0.15) is 0 Å². The predicted molar refractivity (Wildman–Crippen MR) is 115 cm³/mol. The quantitative estimate of drug-likeness (QED) is 0.533. The highest BCUT2D eigenvalue weighted by Gasteiger charge is 2.16. The Hall–Kier alpha value is -2.37. The molecule has 1 fully saturated rings. The maximum absolute atomic E-state index is 9.62. The molecule has 0 bridgehead atoms. The van der Waals surface area contributed by atoms with Gasteiger partial charge in [0.2, 0.25) is 0 Å². The number of benzene rings is 2. The monoisotopic (exact) mass is 380 g/mol. The van der Waals surface area contributed by atoms with Gasteiger partial charge in [0.15, 0.2) is 5.96 Å². The summed E-state index contributed by atoms with van der Waals surface area (Å²) in [6.07, 6.45) is 1.66. The summed E-state index contributed by atoms with van der Waals surface area (Å²) in [7, 11) is 1.79. The Morgan fingerprint density at radius 3 is 1.96 bits per heavy atom. The molecule has 1 aliphatic heterocycles. The van der Waals surface area contributed by atoms with E-state index in [-0.39, 0.29) is 6.10 Å². The lowest BCUT2D eigenvalue weighted by atomic mass is 10.1. The van der Waals surface area contributed by atoms with Crippen LogP contribution in [0.25, 0.3) is 0 Å². The van der Waals surface area contributed by atoms with Gasteiger partial charge in [-0.3, -0.25) is 9.89 Å². The minimum atomic E-state index is -0.112. The van der Waals surface area contributed by atoms with Crippen molar-refractivity contribution in [1.29, 1.82) is 0 Å². The molecule has 0 aliphatic carbocycles. The lowest BCUT2D eigenvalue weighted by molar-refractivity contribution is 0.0792. The number of hydrogen-bond acceptors (Lipinski definition) is 3. The van der Waals surface area contributed by atoms with Crippen molar-refractivity contribution in [3.63, 3.8) is 0 Å². The molecule has 3 N–H and O–H groups in total. The van der Waals surface area contributed by atoms with Crippen LogP contribution in [0.4, 0.5) is 0 Å². The fraction of sp³-hybridized carbons (Fsp3) is 0.435. The number of aliphatic imine (C=N–C) groups is 1. The number of hydrogen-bond donors (Lipinski definition) is 3. The first-order valence-corrected chi connectivity index (χ1v) is 10.1. The summed E-state index contributed by atoms with van der Waals surface area (Å²) >= 11 is 0. The number of aliphatic hydroxyl groups is 1. The first-order chi connectivity index (χ1) is 13.6. The maximum Gasteiger partial charge on any atom is 0.191 e. The number of rotatable bonds is 6. The van der Waals surface area contributed by atoms with E-state index in [2.05, 4.69) is 76.0 Å². The number of nitrogens with one attached hydrogen (secondary N) is 2. The van der Waals surface area contributed by atoms with Crippen molar-refractivity contribution in [3.8, 4) is 0 Å². The summed E-state index contributed by atoms with van der Waals surface area (Å²) in [4.78, 5) is 6.72. The van der Waals surface area contributed by atoms with Crippen LogP contribution in [-0.2, 0) is 19.6 Å². The number of nitrogens with zero attached hydrogens (tertiary/aromatic N) is 2. The van der Waals surface area contributed by atoms with Gasteiger partial charge < -0.3 is 15.7 Å². The second kappa shape index (κ2) is 10.2. The minimum absolute atomic E-state index is 0.112. The molecule has 150 valence electrons. The molecule has 0 spiro atoms. The third-order valence-corrected chi connectivity index (χ3v) is 5.25. The molecule has 1 aliphatic rings. The van der Waals surface area contributed by atoms with Crippen LogP contribution in [0.15, 0.2) is 53.5 Å². The Morgan fingerprint density at radius 1 is 0.929 bits per heavy atom. The molecule has 3 rings (SSSR count). The summed E-state index contributed by atoms with van der Waals surface area (Å²) in [5.74, 6) is 0.802. The van der Waals surface area contributed by atoms with Gasteiger partial charge in [0.05, 0.1) is 6.10 Å². The highest BCUT2D eigenvalue weighted by Crippen LogP contribution is 2.14. The van der Waals surface area contributed by atoms with Gasteiger partial charge in [-0.05, 0) is 36.5 Å². The molecule has 2 aromatic rings. The Kier molecular flexibility index (Phi) is 7.46. The fourth-order valence-corrected chi connectivity index (χ4v) is 3.40. The molecule has 28 heavy (non-hydrogen) atoms. The molecular formula is C23H32N4O. The van der Waals surface area contributed by atoms with Crippen molar-refractivity contribution in [2.24, 2.45) is 4.99 Å². The Balaban J connectivity index is 1.43. The van der Waals surface area contributed by atoms with Gasteiger partial charge in [0, 0.05) is 39.8 Å². The fourth-order valence-electron chi connectivity index (χ4n) is 3.40. The molecule has 5 nitrogen and oxygen atoms in total. The Bertz CT molecular complexity index is 747. The van der Waals surface area contributed by atoms with E-state index in [4.69, 9.17) is 0 Å². The lowest BCUT2D eigenvalue weighted by Gasteiger charge is -2.29. The van der Waals surface area contributed by atoms with Crippen LogP contribution in [0, 0.1) is 6.92 Å². The van der Waals surface area contributed by atoms with Crippen molar-refractivity contribution in [3.05, 3.63) is 70.8 Å². The molecule has 0 aromatic heterocycles. The van der Waals surface area contributed by atoms with Gasteiger partial charge >= 0.3 is 0 Å². The molecule has 0 unspecified atom stereocenters. The smallest absolute Gasteiger partial charge is 0.191 e. The number of aliphatic hydroxyl groups excluding tert-OH is 1. The minimum Gasteiger partial charge on any atom is -0.393 e. The van der Waals surface area contributed by atoms with Crippen molar-refractivity contribution in [1.82, 2.24) is 15.5 Å². The normalized spacial score (nSPS) is 16.2. The highest BCUT2D eigenvalue weighted by atomic mass is 16.3. The largest absolute Gasteiger partial charge is 0.393 e. The number of aryl methyl sites for hydroxylation is 1. The van der Waals surface area contributed by atoms with E-state index in [1.807, 2.05) is 0 Å². The molecule has 1 heterocycles. The van der Waals surface area contributed by atoms with E-state index in [0.717, 1.165) is 51.5 Å². The molecule has 0 amide bonds.